The molecule has 9 nitrogen and oxygen atoms in total. The van der Waals surface area contributed by atoms with Crippen LogP contribution in [0.1, 0.15) is 36.6 Å². The van der Waals surface area contributed by atoms with Crippen LogP contribution in [0.3, 0.4) is 0 Å². The van der Waals surface area contributed by atoms with Gasteiger partial charge in [-0.2, -0.15) is 0 Å². The molecule has 0 spiro atoms. The number of pyridine rings is 2. The molecule has 0 atom stereocenters. The van der Waals surface area contributed by atoms with Crippen LogP contribution in [0.15, 0.2) is 59.5 Å². The first kappa shape index (κ1) is 25.3. The number of rotatable bonds is 8. The van der Waals surface area contributed by atoms with Crippen LogP contribution in [0.25, 0.3) is 17.2 Å². The number of aromatic nitrogens is 2. The van der Waals surface area contributed by atoms with Gasteiger partial charge in [-0.1, -0.05) is 24.6 Å². The Balaban J connectivity index is 1.59. The number of nitrogens with two attached hydrogens (primary N) is 2. The number of amidine groups is 1. The second-order valence-electron chi connectivity index (χ2n) is 8.35. The summed E-state index contributed by atoms with van der Waals surface area (Å²) in [6.07, 6.45) is 7.49. The van der Waals surface area contributed by atoms with Crippen molar-refractivity contribution >= 4 is 40.8 Å². The van der Waals surface area contributed by atoms with Gasteiger partial charge in [0.1, 0.15) is 12.4 Å². The van der Waals surface area contributed by atoms with Crippen LogP contribution in [0.4, 0.5) is 11.4 Å². The maximum Gasteiger partial charge on any atom is 0.273 e. The lowest BCUT2D eigenvalue weighted by Crippen LogP contribution is -2.34. The molecular formula is C26H27ClN6O3. The Hall–Kier alpha value is -3.79. The molecule has 10 heteroatoms. The molecule has 0 unspecified atom stereocenters. The van der Waals surface area contributed by atoms with E-state index in [1.165, 1.54) is 5.06 Å². The highest BCUT2D eigenvalue weighted by Gasteiger charge is 2.23. The first-order valence-corrected chi connectivity index (χ1v) is 11.8. The number of hydrogen-bond acceptors (Lipinski definition) is 8. The van der Waals surface area contributed by atoms with E-state index in [1.54, 1.807) is 42.9 Å². The Morgan fingerprint density at radius 3 is 2.72 bits per heavy atom. The molecule has 1 aliphatic heterocycles. The van der Waals surface area contributed by atoms with E-state index in [2.05, 4.69) is 15.0 Å². The molecule has 2 aromatic heterocycles. The number of hydrogen-bond donors (Lipinski definition) is 3. The monoisotopic (exact) mass is 506 g/mol. The highest BCUT2D eigenvalue weighted by atomic mass is 35.5. The van der Waals surface area contributed by atoms with E-state index in [0.29, 0.717) is 46.2 Å². The van der Waals surface area contributed by atoms with Crippen LogP contribution in [-0.2, 0) is 22.8 Å². The fourth-order valence-corrected chi connectivity index (χ4v) is 3.96. The van der Waals surface area contributed by atoms with Gasteiger partial charge in [-0.25, -0.2) is 10.1 Å². The average molecular weight is 507 g/mol. The zero-order chi connectivity index (χ0) is 25.7. The maximum atomic E-state index is 13.4. The number of nitrogens with zero attached hydrogens (tertiary/aromatic N) is 4. The van der Waals surface area contributed by atoms with Crippen LogP contribution in [0.5, 0.6) is 0 Å². The van der Waals surface area contributed by atoms with Crippen molar-refractivity contribution in [2.24, 2.45) is 10.7 Å². The van der Waals surface area contributed by atoms with Crippen molar-refractivity contribution in [3.8, 4) is 11.1 Å². The van der Waals surface area contributed by atoms with Crippen molar-refractivity contribution in [2.45, 2.75) is 33.0 Å². The van der Waals surface area contributed by atoms with Crippen LogP contribution >= 0.6 is 11.6 Å². The SMILES string of the molecule is CCCN(OCc1ccc(N)cc1Cl)C(=O)C1=Cc2ncc(-c3cncc(CO)c3)cc2N=C(N)C1. The van der Waals surface area contributed by atoms with Crippen LogP contribution in [-0.4, -0.2) is 38.4 Å². The Bertz CT molecular complexity index is 1340. The summed E-state index contributed by atoms with van der Waals surface area (Å²) >= 11 is 6.26. The Kier molecular flexibility index (Phi) is 7.94. The number of hydroxylamine groups is 2. The van der Waals surface area contributed by atoms with Crippen LogP contribution in [0.2, 0.25) is 5.02 Å². The minimum absolute atomic E-state index is 0.112. The molecule has 0 aliphatic carbocycles. The van der Waals surface area contributed by atoms with Crippen molar-refractivity contribution < 1.29 is 14.7 Å². The van der Waals surface area contributed by atoms with E-state index in [1.807, 2.05) is 19.1 Å². The summed E-state index contributed by atoms with van der Waals surface area (Å²) in [6, 6.07) is 8.81. The molecule has 1 amide bonds. The summed E-state index contributed by atoms with van der Waals surface area (Å²) < 4.78 is 0. The van der Waals surface area contributed by atoms with Crippen molar-refractivity contribution in [3.63, 3.8) is 0 Å². The predicted molar refractivity (Wildman–Crippen MR) is 140 cm³/mol. The molecule has 186 valence electrons. The topological polar surface area (TPSA) is 140 Å². The summed E-state index contributed by atoms with van der Waals surface area (Å²) in [5.74, 6) is -0.0345. The van der Waals surface area contributed by atoms with Gasteiger partial charge in [0.2, 0.25) is 0 Å². The fourth-order valence-electron chi connectivity index (χ4n) is 3.71. The zero-order valence-corrected chi connectivity index (χ0v) is 20.6. The minimum Gasteiger partial charge on any atom is -0.399 e. The zero-order valence-electron chi connectivity index (χ0n) is 19.8. The second kappa shape index (κ2) is 11.3. The van der Waals surface area contributed by atoms with Crippen LogP contribution < -0.4 is 11.5 Å². The Morgan fingerprint density at radius 1 is 1.17 bits per heavy atom. The lowest BCUT2D eigenvalue weighted by atomic mass is 10.1. The average Bonchev–Trinajstić information content (AvgIpc) is 3.04. The van der Waals surface area contributed by atoms with E-state index >= 15 is 0 Å². The number of fused-ring (bicyclic) bond motifs is 1. The molecule has 0 fully saturated rings. The molecular weight excluding hydrogens is 480 g/mol. The summed E-state index contributed by atoms with van der Waals surface area (Å²) in [6.45, 7) is 2.34. The van der Waals surface area contributed by atoms with Crippen molar-refractivity contribution in [2.75, 3.05) is 12.3 Å². The molecule has 0 bridgehead atoms. The van der Waals surface area contributed by atoms with Gasteiger partial charge in [0.05, 0.1) is 18.0 Å². The van der Waals surface area contributed by atoms with Gasteiger partial charge in [0.25, 0.3) is 5.91 Å². The smallest absolute Gasteiger partial charge is 0.273 e. The van der Waals surface area contributed by atoms with Gasteiger partial charge in [-0.3, -0.25) is 19.6 Å². The molecule has 3 heterocycles. The van der Waals surface area contributed by atoms with Gasteiger partial charge >= 0.3 is 0 Å². The van der Waals surface area contributed by atoms with E-state index in [9.17, 15) is 9.90 Å². The molecule has 36 heavy (non-hydrogen) atoms. The molecule has 1 aromatic carbocycles. The summed E-state index contributed by atoms with van der Waals surface area (Å²) in [5.41, 5.74) is 16.9. The molecule has 4 rings (SSSR count). The lowest BCUT2D eigenvalue weighted by Gasteiger charge is -2.23. The number of aliphatic hydroxyl groups is 1. The first-order valence-electron chi connectivity index (χ1n) is 11.5. The van der Waals surface area contributed by atoms with E-state index in [-0.39, 0.29) is 31.4 Å². The molecule has 3 aromatic rings. The van der Waals surface area contributed by atoms with E-state index < -0.39 is 0 Å². The second-order valence-corrected chi connectivity index (χ2v) is 8.76. The molecule has 0 saturated heterocycles. The molecule has 0 radical (unpaired) electrons. The quantitative estimate of drug-likeness (QED) is 0.309. The minimum atomic E-state index is -0.319. The Morgan fingerprint density at radius 2 is 1.97 bits per heavy atom. The van der Waals surface area contributed by atoms with Crippen molar-refractivity contribution in [1.82, 2.24) is 15.0 Å². The van der Waals surface area contributed by atoms with E-state index in [0.717, 1.165) is 16.7 Å². The number of halogens is 1. The van der Waals surface area contributed by atoms with Gasteiger partial charge in [-0.05, 0) is 47.9 Å². The summed E-state index contributed by atoms with van der Waals surface area (Å²) in [5, 5.41) is 11.2. The number of carbonyl (C=O) groups excluding carboxylic acids is 1. The number of nitrogen functional groups attached to an aromatic ring is 1. The highest BCUT2D eigenvalue weighted by Crippen LogP contribution is 2.30. The van der Waals surface area contributed by atoms with Gasteiger partial charge < -0.3 is 16.6 Å². The van der Waals surface area contributed by atoms with Gasteiger partial charge in [-0.15, -0.1) is 0 Å². The van der Waals surface area contributed by atoms with Gasteiger partial charge in [0.15, 0.2) is 0 Å². The first-order chi connectivity index (χ1) is 17.4. The predicted octanol–water partition coefficient (Wildman–Crippen LogP) is 4.02. The van der Waals surface area contributed by atoms with Gasteiger partial charge in [0, 0.05) is 59.0 Å². The number of amides is 1. The standard InChI is InChI=1S/C26H27ClN6O3/c1-2-5-33(36-15-17-3-4-21(28)10-22(17)27)26(35)18-7-23-24(32-25(29)9-18)8-20(13-31-23)19-6-16(14-34)11-30-12-19/h3-4,6-8,10-13,34H,2,5,9,14-15,28H2,1H3,(H2,29,32). The third kappa shape index (κ3) is 5.88. The number of anilines is 1. The number of aliphatic hydroxyl groups excluding tert-OH is 1. The fraction of sp³-hybridized carbons (Fsp3) is 0.231. The normalized spacial score (nSPS) is 12.9. The maximum absolute atomic E-state index is 13.4. The van der Waals surface area contributed by atoms with Crippen molar-refractivity contribution in [3.05, 3.63) is 76.3 Å². The lowest BCUT2D eigenvalue weighted by molar-refractivity contribution is -0.187. The number of aliphatic imine (C=N–C) groups is 1. The summed E-state index contributed by atoms with van der Waals surface area (Å²) in [4.78, 5) is 32.5. The summed E-state index contributed by atoms with van der Waals surface area (Å²) in [7, 11) is 0. The number of benzene rings is 1. The largest absolute Gasteiger partial charge is 0.399 e. The third-order valence-electron chi connectivity index (χ3n) is 5.54. The molecule has 0 saturated carbocycles. The van der Waals surface area contributed by atoms with Crippen molar-refractivity contribution in [1.29, 1.82) is 0 Å². The number of carbonyl (C=O) groups is 1. The Labute approximate surface area is 214 Å². The molecule has 1 aliphatic rings. The third-order valence-corrected chi connectivity index (χ3v) is 5.89. The van der Waals surface area contributed by atoms with E-state index in [4.69, 9.17) is 27.9 Å². The van der Waals surface area contributed by atoms with Crippen LogP contribution in [0, 0.1) is 0 Å². The highest BCUT2D eigenvalue weighted by molar-refractivity contribution is 6.31. The molecule has 5 N–H and O–H groups in total.